The standard InChI is InChI=1S/C13H17ClN4O/c1-19-7-6-18-13(11(14)9-17-18)12(15)8-10-4-2-3-5-16-10/h2-5,9,12H,6-8,15H2,1H3. The van der Waals surface area contributed by atoms with E-state index in [2.05, 4.69) is 10.1 Å². The summed E-state index contributed by atoms with van der Waals surface area (Å²) in [7, 11) is 1.65. The third kappa shape index (κ3) is 3.53. The first-order valence-corrected chi connectivity index (χ1v) is 6.45. The van der Waals surface area contributed by atoms with Gasteiger partial charge in [0.2, 0.25) is 0 Å². The van der Waals surface area contributed by atoms with Gasteiger partial charge in [-0.15, -0.1) is 0 Å². The second kappa shape index (κ2) is 6.65. The molecule has 0 saturated carbocycles. The van der Waals surface area contributed by atoms with Crippen LogP contribution in [-0.4, -0.2) is 28.5 Å². The van der Waals surface area contributed by atoms with Crippen LogP contribution in [0.5, 0.6) is 0 Å². The normalized spacial score (nSPS) is 12.6. The van der Waals surface area contributed by atoms with Crippen LogP contribution in [0.2, 0.25) is 5.02 Å². The lowest BCUT2D eigenvalue weighted by molar-refractivity contribution is 0.182. The van der Waals surface area contributed by atoms with Crippen molar-refractivity contribution in [1.29, 1.82) is 0 Å². The van der Waals surface area contributed by atoms with Crippen LogP contribution in [0.15, 0.2) is 30.6 Å². The lowest BCUT2D eigenvalue weighted by Crippen LogP contribution is -2.20. The summed E-state index contributed by atoms with van der Waals surface area (Å²) in [6.07, 6.45) is 4.00. The maximum absolute atomic E-state index is 6.22. The quantitative estimate of drug-likeness (QED) is 0.876. The maximum atomic E-state index is 6.22. The molecule has 0 amide bonds. The number of pyridine rings is 1. The molecule has 102 valence electrons. The Morgan fingerprint density at radius 3 is 3.00 bits per heavy atom. The summed E-state index contributed by atoms with van der Waals surface area (Å²) in [5.74, 6) is 0. The highest BCUT2D eigenvalue weighted by Crippen LogP contribution is 2.23. The minimum atomic E-state index is -0.234. The molecule has 0 bridgehead atoms. The zero-order chi connectivity index (χ0) is 13.7. The van der Waals surface area contributed by atoms with Gasteiger partial charge in [-0.3, -0.25) is 9.67 Å². The predicted octanol–water partition coefficient (Wildman–Crippen LogP) is 1.82. The Bertz CT molecular complexity index is 515. The highest BCUT2D eigenvalue weighted by molar-refractivity contribution is 6.31. The van der Waals surface area contributed by atoms with Gasteiger partial charge in [0.05, 0.1) is 36.1 Å². The first-order chi connectivity index (χ1) is 9.22. The summed E-state index contributed by atoms with van der Waals surface area (Å²) in [6.45, 7) is 1.20. The van der Waals surface area contributed by atoms with Crippen LogP contribution in [0.1, 0.15) is 17.4 Å². The topological polar surface area (TPSA) is 66.0 Å². The van der Waals surface area contributed by atoms with E-state index >= 15 is 0 Å². The highest BCUT2D eigenvalue weighted by atomic mass is 35.5. The molecular formula is C13H17ClN4O. The van der Waals surface area contributed by atoms with Gasteiger partial charge in [-0.1, -0.05) is 17.7 Å². The number of nitrogens with two attached hydrogens (primary N) is 1. The van der Waals surface area contributed by atoms with Gasteiger partial charge < -0.3 is 10.5 Å². The van der Waals surface area contributed by atoms with Crippen molar-refractivity contribution in [2.45, 2.75) is 19.0 Å². The Morgan fingerprint density at radius 1 is 1.47 bits per heavy atom. The molecule has 19 heavy (non-hydrogen) atoms. The molecule has 0 fully saturated rings. The first kappa shape index (κ1) is 14.0. The molecule has 0 spiro atoms. The van der Waals surface area contributed by atoms with Crippen molar-refractivity contribution in [1.82, 2.24) is 14.8 Å². The summed E-state index contributed by atoms with van der Waals surface area (Å²) in [6, 6.07) is 5.54. The van der Waals surface area contributed by atoms with Gasteiger partial charge in [-0.05, 0) is 12.1 Å². The summed E-state index contributed by atoms with van der Waals surface area (Å²) in [5, 5.41) is 4.80. The smallest absolute Gasteiger partial charge is 0.0834 e. The van der Waals surface area contributed by atoms with E-state index in [1.54, 1.807) is 24.2 Å². The van der Waals surface area contributed by atoms with E-state index in [1.165, 1.54) is 0 Å². The number of halogens is 1. The molecule has 0 radical (unpaired) electrons. The second-order valence-corrected chi connectivity index (χ2v) is 4.63. The molecule has 2 rings (SSSR count). The van der Waals surface area contributed by atoms with E-state index in [-0.39, 0.29) is 6.04 Å². The van der Waals surface area contributed by atoms with Gasteiger partial charge in [0.1, 0.15) is 0 Å². The van der Waals surface area contributed by atoms with Crippen molar-refractivity contribution in [2.75, 3.05) is 13.7 Å². The molecule has 2 N–H and O–H groups in total. The zero-order valence-corrected chi connectivity index (χ0v) is 11.5. The Labute approximate surface area is 117 Å². The average Bonchev–Trinajstić information content (AvgIpc) is 2.78. The first-order valence-electron chi connectivity index (χ1n) is 6.08. The lowest BCUT2D eigenvalue weighted by Gasteiger charge is -2.14. The van der Waals surface area contributed by atoms with Gasteiger partial charge in [0, 0.05) is 25.4 Å². The molecule has 2 heterocycles. The highest BCUT2D eigenvalue weighted by Gasteiger charge is 2.17. The molecule has 1 unspecified atom stereocenters. The van der Waals surface area contributed by atoms with Gasteiger partial charge in [0.15, 0.2) is 0 Å². The van der Waals surface area contributed by atoms with Crippen LogP contribution in [0.3, 0.4) is 0 Å². The zero-order valence-electron chi connectivity index (χ0n) is 10.8. The van der Waals surface area contributed by atoms with Crippen molar-refractivity contribution in [3.63, 3.8) is 0 Å². The van der Waals surface area contributed by atoms with Crippen molar-refractivity contribution in [2.24, 2.45) is 5.73 Å². The number of rotatable bonds is 6. The minimum Gasteiger partial charge on any atom is -0.383 e. The number of hydrogen-bond donors (Lipinski definition) is 1. The van der Waals surface area contributed by atoms with Crippen LogP contribution in [0.25, 0.3) is 0 Å². The molecule has 0 aromatic carbocycles. The van der Waals surface area contributed by atoms with Crippen molar-refractivity contribution in [3.8, 4) is 0 Å². The van der Waals surface area contributed by atoms with E-state index in [9.17, 15) is 0 Å². The van der Waals surface area contributed by atoms with E-state index in [0.29, 0.717) is 24.6 Å². The SMILES string of the molecule is COCCn1ncc(Cl)c1C(N)Cc1ccccn1. The van der Waals surface area contributed by atoms with Crippen LogP contribution >= 0.6 is 11.6 Å². The number of aromatic nitrogens is 3. The van der Waals surface area contributed by atoms with Gasteiger partial charge in [0.25, 0.3) is 0 Å². The fraction of sp³-hybridized carbons (Fsp3) is 0.385. The van der Waals surface area contributed by atoms with Crippen LogP contribution < -0.4 is 5.73 Å². The third-order valence-corrected chi connectivity index (χ3v) is 3.14. The van der Waals surface area contributed by atoms with Crippen LogP contribution in [0, 0.1) is 0 Å². The van der Waals surface area contributed by atoms with Crippen molar-refractivity contribution < 1.29 is 4.74 Å². The summed E-state index contributed by atoms with van der Waals surface area (Å²) < 4.78 is 6.84. The summed E-state index contributed by atoms with van der Waals surface area (Å²) in [4.78, 5) is 4.27. The predicted molar refractivity (Wildman–Crippen MR) is 74.0 cm³/mol. The molecule has 2 aromatic rings. The van der Waals surface area contributed by atoms with E-state index < -0.39 is 0 Å². The van der Waals surface area contributed by atoms with E-state index in [1.807, 2.05) is 18.2 Å². The molecule has 0 saturated heterocycles. The number of methoxy groups -OCH3 is 1. The minimum absolute atomic E-state index is 0.234. The maximum Gasteiger partial charge on any atom is 0.0834 e. The molecule has 0 aliphatic rings. The third-order valence-electron chi connectivity index (χ3n) is 2.85. The van der Waals surface area contributed by atoms with Crippen LogP contribution in [0.4, 0.5) is 0 Å². The summed E-state index contributed by atoms with van der Waals surface area (Å²) in [5.41, 5.74) is 7.98. The average molecular weight is 281 g/mol. The molecule has 0 aliphatic carbocycles. The number of hydrogen-bond acceptors (Lipinski definition) is 4. The molecule has 2 aromatic heterocycles. The fourth-order valence-corrected chi connectivity index (χ4v) is 2.22. The Hall–Kier alpha value is -1.43. The molecule has 1 atom stereocenters. The molecule has 0 aliphatic heterocycles. The van der Waals surface area contributed by atoms with E-state index in [0.717, 1.165) is 11.4 Å². The van der Waals surface area contributed by atoms with Crippen molar-refractivity contribution >= 4 is 11.6 Å². The lowest BCUT2D eigenvalue weighted by atomic mass is 10.1. The molecule has 6 heteroatoms. The Kier molecular flexibility index (Phi) is 4.90. The van der Waals surface area contributed by atoms with Gasteiger partial charge in [-0.2, -0.15) is 5.10 Å². The molecular weight excluding hydrogens is 264 g/mol. The Morgan fingerprint density at radius 2 is 2.32 bits per heavy atom. The largest absolute Gasteiger partial charge is 0.383 e. The van der Waals surface area contributed by atoms with Gasteiger partial charge in [-0.25, -0.2) is 0 Å². The fourth-order valence-electron chi connectivity index (χ4n) is 1.94. The van der Waals surface area contributed by atoms with Crippen LogP contribution in [-0.2, 0) is 17.7 Å². The monoisotopic (exact) mass is 280 g/mol. The number of nitrogens with zero attached hydrogens (tertiary/aromatic N) is 3. The summed E-state index contributed by atoms with van der Waals surface area (Å²) >= 11 is 6.16. The van der Waals surface area contributed by atoms with Crippen molar-refractivity contribution in [3.05, 3.63) is 47.0 Å². The Balaban J connectivity index is 2.14. The number of ether oxygens (including phenoxy) is 1. The van der Waals surface area contributed by atoms with Gasteiger partial charge >= 0.3 is 0 Å². The second-order valence-electron chi connectivity index (χ2n) is 4.23. The van der Waals surface area contributed by atoms with E-state index in [4.69, 9.17) is 22.1 Å². The molecule has 5 nitrogen and oxygen atoms in total.